The van der Waals surface area contributed by atoms with Crippen LogP contribution in [0.25, 0.3) is 0 Å². The van der Waals surface area contributed by atoms with Crippen LogP contribution in [0.4, 0.5) is 0 Å². The molecule has 6 heteroatoms. The third-order valence-electron chi connectivity index (χ3n) is 2.45. The van der Waals surface area contributed by atoms with E-state index in [0.29, 0.717) is 31.7 Å². The molecule has 0 aromatic carbocycles. The van der Waals surface area contributed by atoms with Crippen molar-refractivity contribution >= 4 is 27.3 Å². The van der Waals surface area contributed by atoms with Crippen LogP contribution in [0.2, 0.25) is 0 Å². The quantitative estimate of drug-likeness (QED) is 0.728. The molecule has 0 aromatic heterocycles. The van der Waals surface area contributed by atoms with Crippen LogP contribution in [0.1, 0.15) is 19.3 Å². The number of halogens is 1. The first-order valence-electron chi connectivity index (χ1n) is 5.06. The van der Waals surface area contributed by atoms with E-state index in [1.54, 1.807) is 0 Å². The molecular formula is C9H16ClNO3S. The Bertz CT molecular complexity index is 315. The van der Waals surface area contributed by atoms with Crippen LogP contribution < -0.4 is 5.32 Å². The zero-order valence-electron chi connectivity index (χ0n) is 8.54. The lowest BCUT2D eigenvalue weighted by molar-refractivity contribution is -0.121. The molecule has 0 spiro atoms. The molecule has 1 aliphatic heterocycles. The summed E-state index contributed by atoms with van der Waals surface area (Å²) in [6, 6.07) is 0. The van der Waals surface area contributed by atoms with Crippen molar-refractivity contribution < 1.29 is 13.2 Å². The summed E-state index contributed by atoms with van der Waals surface area (Å²) in [7, 11) is -2.83. The first-order chi connectivity index (χ1) is 7.03. The van der Waals surface area contributed by atoms with Gasteiger partial charge in [-0.15, -0.1) is 11.6 Å². The predicted molar refractivity (Wildman–Crippen MR) is 59.7 cm³/mol. The standard InChI is InChI=1S/C9H16ClNO3S/c10-4-1-2-9(12)11-6-8-3-5-15(13,14)7-8/h8H,1-7H2,(H,11,12). The Labute approximate surface area is 95.3 Å². The van der Waals surface area contributed by atoms with Crippen molar-refractivity contribution in [3.8, 4) is 0 Å². The lowest BCUT2D eigenvalue weighted by Crippen LogP contribution is -2.29. The molecule has 0 saturated carbocycles. The summed E-state index contributed by atoms with van der Waals surface area (Å²) in [6.07, 6.45) is 1.75. The van der Waals surface area contributed by atoms with Crippen LogP contribution in [-0.4, -0.2) is 38.3 Å². The number of sulfone groups is 1. The fourth-order valence-electron chi connectivity index (χ4n) is 1.61. The molecular weight excluding hydrogens is 238 g/mol. The van der Waals surface area contributed by atoms with Gasteiger partial charge in [-0.25, -0.2) is 8.42 Å². The molecule has 1 N–H and O–H groups in total. The van der Waals surface area contributed by atoms with Crippen molar-refractivity contribution in [2.75, 3.05) is 23.9 Å². The predicted octanol–water partition coefficient (Wildman–Crippen LogP) is 0.556. The van der Waals surface area contributed by atoms with E-state index in [1.807, 2.05) is 0 Å². The fraction of sp³-hybridized carbons (Fsp3) is 0.889. The summed E-state index contributed by atoms with van der Waals surface area (Å²) in [5.74, 6) is 0.998. The van der Waals surface area contributed by atoms with E-state index in [1.165, 1.54) is 0 Å². The molecule has 1 heterocycles. The average molecular weight is 254 g/mol. The van der Waals surface area contributed by atoms with Crippen LogP contribution in [0.15, 0.2) is 0 Å². The molecule has 1 aliphatic rings. The minimum atomic E-state index is -2.83. The van der Waals surface area contributed by atoms with Gasteiger partial charge in [0, 0.05) is 18.8 Å². The molecule has 1 saturated heterocycles. The fourth-order valence-corrected chi connectivity index (χ4v) is 3.60. The van der Waals surface area contributed by atoms with Crippen molar-refractivity contribution in [1.82, 2.24) is 5.32 Å². The zero-order valence-corrected chi connectivity index (χ0v) is 10.1. The molecule has 1 rings (SSSR count). The van der Waals surface area contributed by atoms with Gasteiger partial charge < -0.3 is 5.32 Å². The topological polar surface area (TPSA) is 63.2 Å². The van der Waals surface area contributed by atoms with Gasteiger partial charge in [0.1, 0.15) is 0 Å². The molecule has 1 unspecified atom stereocenters. The van der Waals surface area contributed by atoms with Gasteiger partial charge in [-0.1, -0.05) is 0 Å². The summed E-state index contributed by atoms with van der Waals surface area (Å²) in [4.78, 5) is 11.2. The van der Waals surface area contributed by atoms with Gasteiger partial charge in [0.05, 0.1) is 11.5 Å². The Morgan fingerprint density at radius 2 is 2.20 bits per heavy atom. The number of alkyl halides is 1. The van der Waals surface area contributed by atoms with Crippen LogP contribution in [0, 0.1) is 5.92 Å². The summed E-state index contributed by atoms with van der Waals surface area (Å²) in [5, 5.41) is 2.74. The summed E-state index contributed by atoms with van der Waals surface area (Å²) in [5.41, 5.74) is 0. The third-order valence-corrected chi connectivity index (χ3v) is 4.56. The van der Waals surface area contributed by atoms with Crippen molar-refractivity contribution in [3.05, 3.63) is 0 Å². The van der Waals surface area contributed by atoms with E-state index < -0.39 is 9.84 Å². The number of carbonyl (C=O) groups is 1. The van der Waals surface area contributed by atoms with E-state index in [-0.39, 0.29) is 23.3 Å². The number of hydrogen-bond donors (Lipinski definition) is 1. The number of nitrogens with one attached hydrogen (secondary N) is 1. The van der Waals surface area contributed by atoms with Crippen LogP contribution in [0.3, 0.4) is 0 Å². The van der Waals surface area contributed by atoms with Crippen LogP contribution in [0.5, 0.6) is 0 Å². The Morgan fingerprint density at radius 1 is 1.47 bits per heavy atom. The second kappa shape index (κ2) is 5.70. The average Bonchev–Trinajstić information content (AvgIpc) is 2.52. The van der Waals surface area contributed by atoms with Crippen molar-refractivity contribution in [2.45, 2.75) is 19.3 Å². The molecule has 88 valence electrons. The largest absolute Gasteiger partial charge is 0.356 e. The smallest absolute Gasteiger partial charge is 0.220 e. The normalized spacial score (nSPS) is 23.9. The highest BCUT2D eigenvalue weighted by atomic mass is 35.5. The third kappa shape index (κ3) is 4.84. The second-order valence-corrected chi connectivity index (χ2v) is 6.47. The van der Waals surface area contributed by atoms with Gasteiger partial charge in [0.2, 0.25) is 5.91 Å². The number of carbonyl (C=O) groups excluding carboxylic acids is 1. The molecule has 0 radical (unpaired) electrons. The lowest BCUT2D eigenvalue weighted by atomic mass is 10.1. The van der Waals surface area contributed by atoms with Gasteiger partial charge in [-0.05, 0) is 18.8 Å². The monoisotopic (exact) mass is 253 g/mol. The van der Waals surface area contributed by atoms with Gasteiger partial charge in [0.15, 0.2) is 9.84 Å². The summed E-state index contributed by atoms with van der Waals surface area (Å²) in [6.45, 7) is 0.473. The molecule has 1 fully saturated rings. The minimum Gasteiger partial charge on any atom is -0.356 e. The second-order valence-electron chi connectivity index (χ2n) is 3.87. The Balaban J connectivity index is 2.18. The lowest BCUT2D eigenvalue weighted by Gasteiger charge is -2.08. The SMILES string of the molecule is O=C(CCCCl)NCC1CCS(=O)(=O)C1. The molecule has 15 heavy (non-hydrogen) atoms. The van der Waals surface area contributed by atoms with Gasteiger partial charge >= 0.3 is 0 Å². The van der Waals surface area contributed by atoms with Gasteiger partial charge in [-0.3, -0.25) is 4.79 Å². The van der Waals surface area contributed by atoms with Crippen LogP contribution >= 0.6 is 11.6 Å². The number of rotatable bonds is 5. The van der Waals surface area contributed by atoms with Crippen molar-refractivity contribution in [1.29, 1.82) is 0 Å². The van der Waals surface area contributed by atoms with E-state index in [0.717, 1.165) is 0 Å². The number of hydrogen-bond acceptors (Lipinski definition) is 3. The maximum atomic E-state index is 11.2. The van der Waals surface area contributed by atoms with E-state index in [4.69, 9.17) is 11.6 Å². The summed E-state index contributed by atoms with van der Waals surface area (Å²) >= 11 is 5.45. The van der Waals surface area contributed by atoms with E-state index >= 15 is 0 Å². The Kier molecular flexibility index (Phi) is 4.86. The Hall–Kier alpha value is -0.290. The molecule has 1 amide bonds. The molecule has 0 aliphatic carbocycles. The van der Waals surface area contributed by atoms with E-state index in [9.17, 15) is 13.2 Å². The van der Waals surface area contributed by atoms with Crippen molar-refractivity contribution in [2.24, 2.45) is 5.92 Å². The molecule has 4 nitrogen and oxygen atoms in total. The van der Waals surface area contributed by atoms with Gasteiger partial charge in [-0.2, -0.15) is 0 Å². The van der Waals surface area contributed by atoms with Gasteiger partial charge in [0.25, 0.3) is 0 Å². The number of amides is 1. The summed E-state index contributed by atoms with van der Waals surface area (Å²) < 4.78 is 22.3. The highest BCUT2D eigenvalue weighted by Crippen LogP contribution is 2.17. The highest BCUT2D eigenvalue weighted by molar-refractivity contribution is 7.91. The first kappa shape index (κ1) is 12.8. The maximum Gasteiger partial charge on any atom is 0.220 e. The first-order valence-corrected chi connectivity index (χ1v) is 7.42. The van der Waals surface area contributed by atoms with E-state index in [2.05, 4.69) is 5.32 Å². The molecule has 0 aromatic rings. The maximum absolute atomic E-state index is 11.2. The van der Waals surface area contributed by atoms with Crippen molar-refractivity contribution in [3.63, 3.8) is 0 Å². The van der Waals surface area contributed by atoms with Crippen LogP contribution in [-0.2, 0) is 14.6 Å². The Morgan fingerprint density at radius 3 is 2.73 bits per heavy atom. The molecule has 1 atom stereocenters. The highest BCUT2D eigenvalue weighted by Gasteiger charge is 2.27. The minimum absolute atomic E-state index is 0.0417. The molecule has 0 bridgehead atoms. The zero-order chi connectivity index (χ0) is 11.3.